The van der Waals surface area contributed by atoms with Crippen LogP contribution in [0.5, 0.6) is 0 Å². The number of aromatic nitrogens is 1. The number of benzene rings is 2. The predicted molar refractivity (Wildman–Crippen MR) is 95.4 cm³/mol. The minimum absolute atomic E-state index is 0.332. The number of hydrogen-bond donors (Lipinski definition) is 2. The summed E-state index contributed by atoms with van der Waals surface area (Å²) in [5.41, 5.74) is 1.98. The zero-order valence-corrected chi connectivity index (χ0v) is 13.9. The number of aromatic amines is 1. The van der Waals surface area contributed by atoms with Gasteiger partial charge in [0.05, 0.1) is 11.3 Å². The summed E-state index contributed by atoms with van der Waals surface area (Å²) in [5, 5.41) is 3.53. The highest BCUT2D eigenvalue weighted by Gasteiger charge is 2.15. The van der Waals surface area contributed by atoms with E-state index in [9.17, 15) is 9.59 Å². The van der Waals surface area contributed by atoms with Gasteiger partial charge in [-0.3, -0.25) is 4.79 Å². The largest absolute Gasteiger partial charge is 0.452 e. The van der Waals surface area contributed by atoms with Crippen LogP contribution < -0.4 is 5.32 Å². The number of para-hydroxylation sites is 2. The van der Waals surface area contributed by atoms with E-state index in [4.69, 9.17) is 4.74 Å². The van der Waals surface area contributed by atoms with Gasteiger partial charge in [-0.1, -0.05) is 30.3 Å². The van der Waals surface area contributed by atoms with Crippen LogP contribution in [-0.2, 0) is 9.53 Å². The van der Waals surface area contributed by atoms with Gasteiger partial charge in [-0.25, -0.2) is 4.79 Å². The number of esters is 1. The highest BCUT2D eigenvalue weighted by atomic mass is 32.2. The zero-order valence-electron chi connectivity index (χ0n) is 13.0. The first kappa shape index (κ1) is 16.1. The molecule has 0 fully saturated rings. The number of rotatable bonds is 5. The first-order chi connectivity index (χ1) is 11.7. The number of thioether (sulfide) groups is 1. The fraction of sp³-hybridized carbons (Fsp3) is 0.111. The first-order valence-corrected chi connectivity index (χ1v) is 8.57. The summed E-state index contributed by atoms with van der Waals surface area (Å²) in [7, 11) is 0. The maximum absolute atomic E-state index is 12.2. The highest BCUT2D eigenvalue weighted by molar-refractivity contribution is 7.98. The monoisotopic (exact) mass is 340 g/mol. The van der Waals surface area contributed by atoms with E-state index in [-0.39, 0.29) is 12.5 Å². The first-order valence-electron chi connectivity index (χ1n) is 7.35. The minimum atomic E-state index is -0.527. The number of ether oxygens (including phenoxy) is 1. The molecular weight excluding hydrogens is 324 g/mol. The fourth-order valence-electron chi connectivity index (χ4n) is 2.38. The van der Waals surface area contributed by atoms with Gasteiger partial charge in [-0.15, -0.1) is 11.8 Å². The normalized spacial score (nSPS) is 10.5. The predicted octanol–water partition coefficient (Wildman–Crippen LogP) is 3.69. The van der Waals surface area contributed by atoms with Crippen molar-refractivity contribution >= 4 is 40.2 Å². The van der Waals surface area contributed by atoms with Gasteiger partial charge in [-0.2, -0.15) is 0 Å². The topological polar surface area (TPSA) is 71.2 Å². The summed E-state index contributed by atoms with van der Waals surface area (Å²) in [5.74, 6) is -0.898. The Kier molecular flexibility index (Phi) is 4.86. The van der Waals surface area contributed by atoms with Crippen LogP contribution in [0.3, 0.4) is 0 Å². The molecule has 0 saturated heterocycles. The summed E-state index contributed by atoms with van der Waals surface area (Å²) in [6, 6.07) is 14.9. The molecule has 0 bridgehead atoms. The second-order valence-corrected chi connectivity index (χ2v) is 5.92. The number of carbonyl (C=O) groups is 2. The summed E-state index contributed by atoms with van der Waals surface area (Å²) >= 11 is 1.53. The Morgan fingerprint density at radius 1 is 1.12 bits per heavy atom. The third-order valence-electron chi connectivity index (χ3n) is 3.52. The minimum Gasteiger partial charge on any atom is -0.452 e. The van der Waals surface area contributed by atoms with Crippen molar-refractivity contribution in [2.24, 2.45) is 0 Å². The van der Waals surface area contributed by atoms with Gasteiger partial charge in [-0.05, 0) is 24.5 Å². The van der Waals surface area contributed by atoms with Crippen LogP contribution in [0.2, 0.25) is 0 Å². The molecule has 1 aromatic heterocycles. The van der Waals surface area contributed by atoms with Crippen molar-refractivity contribution in [3.63, 3.8) is 0 Å². The molecule has 0 spiro atoms. The Morgan fingerprint density at radius 3 is 2.71 bits per heavy atom. The van der Waals surface area contributed by atoms with Crippen LogP contribution in [0.25, 0.3) is 10.9 Å². The fourth-order valence-corrected chi connectivity index (χ4v) is 2.94. The molecule has 24 heavy (non-hydrogen) atoms. The molecule has 5 nitrogen and oxygen atoms in total. The average molecular weight is 340 g/mol. The maximum Gasteiger partial charge on any atom is 0.340 e. The molecule has 6 heteroatoms. The van der Waals surface area contributed by atoms with Crippen LogP contribution in [0, 0.1) is 0 Å². The smallest absolute Gasteiger partial charge is 0.340 e. The molecular formula is C18H16N2O3S. The number of carbonyl (C=O) groups excluding carboxylic acids is 2. The Morgan fingerprint density at radius 2 is 1.88 bits per heavy atom. The van der Waals surface area contributed by atoms with Crippen molar-refractivity contribution in [2.45, 2.75) is 4.90 Å². The molecule has 3 rings (SSSR count). The van der Waals surface area contributed by atoms with Gasteiger partial charge >= 0.3 is 5.97 Å². The van der Waals surface area contributed by atoms with Gasteiger partial charge in [0.2, 0.25) is 0 Å². The van der Waals surface area contributed by atoms with E-state index in [1.165, 1.54) is 11.8 Å². The number of nitrogens with one attached hydrogen (secondary N) is 2. The molecule has 0 unspecified atom stereocenters. The molecule has 0 saturated carbocycles. The van der Waals surface area contributed by atoms with Crippen LogP contribution in [-0.4, -0.2) is 29.7 Å². The molecule has 0 aliphatic carbocycles. The molecule has 1 heterocycles. The van der Waals surface area contributed by atoms with E-state index >= 15 is 0 Å². The summed E-state index contributed by atoms with van der Waals surface area (Å²) in [6.45, 7) is -0.332. The summed E-state index contributed by atoms with van der Waals surface area (Å²) in [4.78, 5) is 28.1. The lowest BCUT2D eigenvalue weighted by Crippen LogP contribution is -2.21. The van der Waals surface area contributed by atoms with Gasteiger partial charge in [0.25, 0.3) is 5.91 Å². The number of anilines is 1. The van der Waals surface area contributed by atoms with E-state index in [0.717, 1.165) is 15.8 Å². The van der Waals surface area contributed by atoms with Crippen LogP contribution >= 0.6 is 11.8 Å². The van der Waals surface area contributed by atoms with Crippen molar-refractivity contribution in [1.82, 2.24) is 4.98 Å². The third-order valence-corrected chi connectivity index (χ3v) is 4.32. The molecule has 0 atom stereocenters. The standard InChI is InChI=1S/C18H16N2O3S/c1-24-16-9-5-4-8-15(16)20-17(21)11-23-18(22)13-10-19-14-7-3-2-6-12(13)14/h2-10,19H,11H2,1H3,(H,20,21). The van der Waals surface area contributed by atoms with Crippen LogP contribution in [0.15, 0.2) is 59.6 Å². The van der Waals surface area contributed by atoms with Crippen molar-refractivity contribution in [3.05, 3.63) is 60.3 Å². The van der Waals surface area contributed by atoms with E-state index in [1.807, 2.05) is 54.8 Å². The second-order valence-electron chi connectivity index (χ2n) is 5.07. The quantitative estimate of drug-likeness (QED) is 0.549. The lowest BCUT2D eigenvalue weighted by Gasteiger charge is -2.09. The summed E-state index contributed by atoms with van der Waals surface area (Å²) < 4.78 is 5.12. The van der Waals surface area contributed by atoms with Crippen LogP contribution in [0.1, 0.15) is 10.4 Å². The van der Waals surface area contributed by atoms with E-state index in [1.54, 1.807) is 6.20 Å². The lowest BCUT2D eigenvalue weighted by molar-refractivity contribution is -0.119. The van der Waals surface area contributed by atoms with Gasteiger partial charge in [0, 0.05) is 22.0 Å². The van der Waals surface area contributed by atoms with Crippen molar-refractivity contribution in [2.75, 3.05) is 18.2 Å². The number of hydrogen-bond acceptors (Lipinski definition) is 4. The van der Waals surface area contributed by atoms with Gasteiger partial charge < -0.3 is 15.0 Å². The Hall–Kier alpha value is -2.73. The molecule has 1 amide bonds. The Labute approximate surface area is 143 Å². The zero-order chi connectivity index (χ0) is 16.9. The molecule has 3 aromatic rings. The molecule has 0 aliphatic rings. The van der Waals surface area contributed by atoms with Crippen molar-refractivity contribution < 1.29 is 14.3 Å². The molecule has 122 valence electrons. The third kappa shape index (κ3) is 3.44. The van der Waals surface area contributed by atoms with Crippen molar-refractivity contribution in [3.8, 4) is 0 Å². The van der Waals surface area contributed by atoms with Gasteiger partial charge in [0.1, 0.15) is 0 Å². The number of H-pyrrole nitrogens is 1. The molecule has 0 aliphatic heterocycles. The number of amides is 1. The highest BCUT2D eigenvalue weighted by Crippen LogP contribution is 2.24. The lowest BCUT2D eigenvalue weighted by atomic mass is 10.2. The average Bonchev–Trinajstić information content (AvgIpc) is 3.04. The van der Waals surface area contributed by atoms with Crippen molar-refractivity contribution in [1.29, 1.82) is 0 Å². The van der Waals surface area contributed by atoms with E-state index in [2.05, 4.69) is 10.3 Å². The van der Waals surface area contributed by atoms with E-state index < -0.39 is 5.97 Å². The van der Waals surface area contributed by atoms with E-state index in [0.29, 0.717) is 11.3 Å². The molecule has 2 N–H and O–H groups in total. The second kappa shape index (κ2) is 7.23. The Bertz CT molecular complexity index is 889. The number of fused-ring (bicyclic) bond motifs is 1. The van der Waals surface area contributed by atoms with Gasteiger partial charge in [0.15, 0.2) is 6.61 Å². The molecule has 2 aromatic carbocycles. The Balaban J connectivity index is 1.63. The summed E-state index contributed by atoms with van der Waals surface area (Å²) in [6.07, 6.45) is 3.52. The molecule has 0 radical (unpaired) electrons. The SMILES string of the molecule is CSc1ccccc1NC(=O)COC(=O)c1c[nH]c2ccccc12. The van der Waals surface area contributed by atoms with Crippen LogP contribution in [0.4, 0.5) is 5.69 Å². The maximum atomic E-state index is 12.2.